The van der Waals surface area contributed by atoms with Crippen LogP contribution in [0.2, 0.25) is 0 Å². The van der Waals surface area contributed by atoms with Gasteiger partial charge in [-0.3, -0.25) is 4.79 Å². The number of aromatic nitrogens is 1. The minimum absolute atomic E-state index is 0.0186. The molecule has 1 aromatic carbocycles. The summed E-state index contributed by atoms with van der Waals surface area (Å²) in [6, 6.07) is 4.28. The number of thiazole rings is 1. The second-order valence-electron chi connectivity index (χ2n) is 5.74. The van der Waals surface area contributed by atoms with E-state index in [1.165, 1.54) is 11.1 Å². The molecule has 0 unspecified atom stereocenters. The van der Waals surface area contributed by atoms with Gasteiger partial charge in [0.2, 0.25) is 0 Å². The van der Waals surface area contributed by atoms with Crippen molar-refractivity contribution in [1.82, 2.24) is 9.88 Å². The second-order valence-corrected chi connectivity index (χ2v) is 6.69. The summed E-state index contributed by atoms with van der Waals surface area (Å²) in [4.78, 5) is 22.4. The fourth-order valence-electron chi connectivity index (χ4n) is 2.15. The van der Waals surface area contributed by atoms with Gasteiger partial charge in [0.15, 0.2) is 5.78 Å². The first-order chi connectivity index (χ1) is 10.9. The fourth-order valence-corrected chi connectivity index (χ4v) is 3.01. The van der Waals surface area contributed by atoms with Crippen molar-refractivity contribution in [3.8, 4) is 0 Å². The summed E-state index contributed by atoms with van der Waals surface area (Å²) in [6.07, 6.45) is 2.62. The van der Waals surface area contributed by atoms with Gasteiger partial charge in [0.25, 0.3) is 0 Å². The van der Waals surface area contributed by atoms with Gasteiger partial charge in [0.1, 0.15) is 5.69 Å². The molecule has 0 N–H and O–H groups in total. The van der Waals surface area contributed by atoms with Crippen LogP contribution in [0, 0.1) is 13.8 Å². The minimum atomic E-state index is 0.0186. The van der Waals surface area contributed by atoms with Crippen molar-refractivity contribution in [2.45, 2.75) is 34.1 Å². The average Bonchev–Trinajstić information content (AvgIpc) is 2.97. The van der Waals surface area contributed by atoms with Crippen molar-refractivity contribution in [2.24, 2.45) is 4.99 Å². The molecule has 2 rings (SSSR count). The first kappa shape index (κ1) is 17.3. The molecule has 1 aromatic heterocycles. The summed E-state index contributed by atoms with van der Waals surface area (Å²) in [5.41, 5.74) is 5.13. The van der Waals surface area contributed by atoms with E-state index in [2.05, 4.69) is 42.9 Å². The lowest BCUT2D eigenvalue weighted by Crippen LogP contribution is -2.14. The highest BCUT2D eigenvalue weighted by Crippen LogP contribution is 2.25. The van der Waals surface area contributed by atoms with Crippen molar-refractivity contribution in [3.63, 3.8) is 0 Å². The average molecular weight is 329 g/mol. The smallest absolute Gasteiger partial charge is 0.178 e. The highest BCUT2D eigenvalue weighted by atomic mass is 32.1. The van der Waals surface area contributed by atoms with Gasteiger partial charge in [0.05, 0.1) is 17.0 Å². The third-order valence-corrected chi connectivity index (χ3v) is 4.65. The van der Waals surface area contributed by atoms with E-state index in [-0.39, 0.29) is 5.78 Å². The van der Waals surface area contributed by atoms with Crippen molar-refractivity contribution >= 4 is 29.1 Å². The van der Waals surface area contributed by atoms with E-state index in [4.69, 9.17) is 0 Å². The first-order valence-electron chi connectivity index (χ1n) is 7.70. The van der Waals surface area contributed by atoms with Crippen LogP contribution in [0.25, 0.3) is 0 Å². The molecule has 5 heteroatoms. The molecule has 0 radical (unpaired) electrons. The zero-order chi connectivity index (χ0) is 17.0. The molecule has 0 atom stereocenters. The summed E-state index contributed by atoms with van der Waals surface area (Å²) in [5.74, 6) is 0.0186. The Balaban J connectivity index is 2.22. The Hall–Kier alpha value is -2.01. The van der Waals surface area contributed by atoms with E-state index in [0.29, 0.717) is 5.69 Å². The Morgan fingerprint density at radius 3 is 2.70 bits per heavy atom. The summed E-state index contributed by atoms with van der Waals surface area (Å²) in [5, 5.41) is 2.80. The molecular formula is C18H23N3OS. The minimum Gasteiger partial charge on any atom is -0.366 e. The molecule has 0 aliphatic carbocycles. The monoisotopic (exact) mass is 329 g/mol. The quantitative estimate of drug-likeness (QED) is 0.454. The maximum Gasteiger partial charge on any atom is 0.178 e. The number of aryl methyl sites for hydroxylation is 2. The molecule has 0 aliphatic heterocycles. The van der Waals surface area contributed by atoms with Gasteiger partial charge < -0.3 is 4.90 Å². The zero-order valence-electron chi connectivity index (χ0n) is 14.4. The van der Waals surface area contributed by atoms with E-state index in [1.807, 2.05) is 23.7 Å². The van der Waals surface area contributed by atoms with Crippen LogP contribution in [0.3, 0.4) is 0 Å². The third kappa shape index (κ3) is 4.48. The van der Waals surface area contributed by atoms with E-state index in [9.17, 15) is 4.79 Å². The lowest BCUT2D eigenvalue weighted by molar-refractivity contribution is 0.101. The summed E-state index contributed by atoms with van der Waals surface area (Å²) in [7, 11) is 2.01. The fraction of sp³-hybridized carbons (Fsp3) is 0.389. The van der Waals surface area contributed by atoms with E-state index in [0.717, 1.165) is 29.2 Å². The molecule has 0 spiro atoms. The van der Waals surface area contributed by atoms with Gasteiger partial charge >= 0.3 is 0 Å². The van der Waals surface area contributed by atoms with E-state index >= 15 is 0 Å². The topological polar surface area (TPSA) is 45.6 Å². The highest BCUT2D eigenvalue weighted by molar-refractivity contribution is 7.09. The largest absolute Gasteiger partial charge is 0.366 e. The van der Waals surface area contributed by atoms with Gasteiger partial charge in [0, 0.05) is 32.3 Å². The molecule has 23 heavy (non-hydrogen) atoms. The van der Waals surface area contributed by atoms with Gasteiger partial charge in [-0.15, -0.1) is 11.3 Å². The van der Waals surface area contributed by atoms with Crippen LogP contribution in [0.15, 0.2) is 22.5 Å². The van der Waals surface area contributed by atoms with Crippen molar-refractivity contribution < 1.29 is 4.79 Å². The number of aliphatic imine (C=N–C) groups is 1. The number of benzene rings is 1. The van der Waals surface area contributed by atoms with E-state index in [1.54, 1.807) is 18.3 Å². The molecule has 122 valence electrons. The predicted molar refractivity (Wildman–Crippen MR) is 97.3 cm³/mol. The highest BCUT2D eigenvalue weighted by Gasteiger charge is 2.10. The molecule has 0 fully saturated rings. The maximum atomic E-state index is 11.4. The third-order valence-electron chi connectivity index (χ3n) is 3.80. The molecule has 0 saturated heterocycles. The van der Waals surface area contributed by atoms with Gasteiger partial charge in [-0.25, -0.2) is 9.98 Å². The Labute approximate surface area is 141 Å². The number of hydrogen-bond acceptors (Lipinski definition) is 4. The Morgan fingerprint density at radius 2 is 2.09 bits per heavy atom. The van der Waals surface area contributed by atoms with Crippen molar-refractivity contribution in [3.05, 3.63) is 44.9 Å². The van der Waals surface area contributed by atoms with Crippen LogP contribution in [0.5, 0.6) is 0 Å². The SMILES string of the molecule is CCN(C)C=Nc1cc(C)c(Cc2nc(C(C)=O)cs2)cc1C. The molecule has 1 heterocycles. The van der Waals surface area contributed by atoms with Gasteiger partial charge in [-0.1, -0.05) is 6.07 Å². The maximum absolute atomic E-state index is 11.4. The van der Waals surface area contributed by atoms with Crippen LogP contribution < -0.4 is 0 Å². The molecular weight excluding hydrogens is 306 g/mol. The summed E-state index contributed by atoms with van der Waals surface area (Å²) < 4.78 is 0. The standard InChI is InChI=1S/C18H23N3OS/c1-6-21(5)11-19-16-8-12(2)15(7-13(16)3)9-18-20-17(10-23-18)14(4)22/h7-8,10-11H,6,9H2,1-5H3. The summed E-state index contributed by atoms with van der Waals surface area (Å²) in [6.45, 7) is 8.74. The lowest BCUT2D eigenvalue weighted by atomic mass is 10.0. The zero-order valence-corrected chi connectivity index (χ0v) is 15.2. The van der Waals surface area contributed by atoms with Crippen LogP contribution in [0.4, 0.5) is 5.69 Å². The predicted octanol–water partition coefficient (Wildman–Crippen LogP) is 4.16. The molecule has 4 nitrogen and oxygen atoms in total. The molecule has 0 amide bonds. The van der Waals surface area contributed by atoms with Gasteiger partial charge in [-0.2, -0.15) is 0 Å². The number of nitrogens with zero attached hydrogens (tertiary/aromatic N) is 3. The Morgan fingerprint density at radius 1 is 1.35 bits per heavy atom. The van der Waals surface area contributed by atoms with Crippen molar-refractivity contribution in [1.29, 1.82) is 0 Å². The number of carbonyl (C=O) groups excluding carboxylic acids is 1. The Kier molecular flexibility index (Phi) is 5.66. The molecule has 0 saturated carbocycles. The van der Waals surface area contributed by atoms with Gasteiger partial charge in [-0.05, 0) is 43.5 Å². The second kappa shape index (κ2) is 7.51. The van der Waals surface area contributed by atoms with Crippen molar-refractivity contribution in [2.75, 3.05) is 13.6 Å². The number of Topliss-reactive ketones (excluding diaryl/α,β-unsaturated/α-hetero) is 1. The number of carbonyl (C=O) groups is 1. The lowest BCUT2D eigenvalue weighted by Gasteiger charge is -2.11. The first-order valence-corrected chi connectivity index (χ1v) is 8.58. The van der Waals surface area contributed by atoms with Crippen LogP contribution in [-0.4, -0.2) is 35.6 Å². The summed E-state index contributed by atoms with van der Waals surface area (Å²) >= 11 is 1.54. The molecule has 0 aliphatic rings. The van der Waals surface area contributed by atoms with Crippen LogP contribution >= 0.6 is 11.3 Å². The van der Waals surface area contributed by atoms with E-state index < -0.39 is 0 Å². The molecule has 0 bridgehead atoms. The molecule has 2 aromatic rings. The van der Waals surface area contributed by atoms with Crippen LogP contribution in [-0.2, 0) is 6.42 Å². The van der Waals surface area contributed by atoms with Crippen LogP contribution in [0.1, 0.15) is 46.0 Å². The number of ketones is 1. The number of rotatable bonds is 6. The Bertz CT molecular complexity index is 734. The normalized spacial score (nSPS) is 11.2. The number of hydrogen-bond donors (Lipinski definition) is 0.